The summed E-state index contributed by atoms with van der Waals surface area (Å²) in [7, 11) is 0. The van der Waals surface area contributed by atoms with Crippen molar-refractivity contribution in [2.24, 2.45) is 5.92 Å². The lowest BCUT2D eigenvalue weighted by atomic mass is 10.1. The van der Waals surface area contributed by atoms with E-state index in [1.807, 2.05) is 13.8 Å². The second-order valence-corrected chi connectivity index (χ2v) is 3.17. The minimum absolute atomic E-state index is 0.215. The van der Waals surface area contributed by atoms with E-state index in [1.54, 1.807) is 0 Å². The molecule has 0 unspecified atom stereocenters. The molecule has 0 aromatic rings. The van der Waals surface area contributed by atoms with Gasteiger partial charge in [0, 0.05) is 0 Å². The first-order chi connectivity index (χ1) is 5.18. The normalized spacial score (nSPS) is 17.1. The molecule has 0 rings (SSSR count). The molecule has 0 aromatic heterocycles. The van der Waals surface area contributed by atoms with Crippen molar-refractivity contribution in [2.75, 3.05) is 0 Å². The van der Waals surface area contributed by atoms with Crippen molar-refractivity contribution in [2.45, 2.75) is 46.1 Å². The van der Waals surface area contributed by atoms with Crippen molar-refractivity contribution in [3.8, 4) is 0 Å². The quantitative estimate of drug-likeness (QED) is 0.479. The minimum Gasteiger partial charge on any atom is -0.393 e. The van der Waals surface area contributed by atoms with Crippen LogP contribution >= 0.6 is 0 Å². The molecule has 1 nitrogen and oxygen atoms in total. The van der Waals surface area contributed by atoms with E-state index in [2.05, 4.69) is 19.1 Å². The molecule has 0 aliphatic rings. The summed E-state index contributed by atoms with van der Waals surface area (Å²) in [5.74, 6) is 0.298. The fourth-order valence-electron chi connectivity index (χ4n) is 0.794. The van der Waals surface area contributed by atoms with Gasteiger partial charge in [-0.2, -0.15) is 0 Å². The summed E-state index contributed by atoms with van der Waals surface area (Å²) in [4.78, 5) is 0. The third-order valence-corrected chi connectivity index (χ3v) is 1.92. The largest absolute Gasteiger partial charge is 0.393 e. The van der Waals surface area contributed by atoms with Gasteiger partial charge in [-0.1, -0.05) is 38.8 Å². The fraction of sp³-hybridized carbons (Fsp3) is 0.800. The number of allylic oxidation sites excluding steroid dienone is 1. The summed E-state index contributed by atoms with van der Waals surface area (Å²) in [6, 6.07) is 0. The van der Waals surface area contributed by atoms with E-state index in [1.165, 1.54) is 12.8 Å². The smallest absolute Gasteiger partial charge is 0.0572 e. The summed E-state index contributed by atoms with van der Waals surface area (Å²) in [5.41, 5.74) is 0. The molecule has 0 bridgehead atoms. The van der Waals surface area contributed by atoms with Crippen LogP contribution in [0.25, 0.3) is 0 Å². The molecule has 11 heavy (non-hydrogen) atoms. The Balaban J connectivity index is 3.40. The zero-order chi connectivity index (χ0) is 8.69. The van der Waals surface area contributed by atoms with Crippen LogP contribution in [0.5, 0.6) is 0 Å². The van der Waals surface area contributed by atoms with E-state index in [9.17, 15) is 0 Å². The van der Waals surface area contributed by atoms with Crippen molar-refractivity contribution in [3.63, 3.8) is 0 Å². The number of rotatable bonds is 5. The van der Waals surface area contributed by atoms with Gasteiger partial charge in [0.05, 0.1) is 6.10 Å². The molecule has 0 fully saturated rings. The third kappa shape index (κ3) is 6.11. The van der Waals surface area contributed by atoms with Crippen LogP contribution in [0.2, 0.25) is 0 Å². The van der Waals surface area contributed by atoms with Crippen LogP contribution in [-0.2, 0) is 0 Å². The highest BCUT2D eigenvalue weighted by Crippen LogP contribution is 2.05. The third-order valence-electron chi connectivity index (χ3n) is 1.92. The number of hydrogen-bond donors (Lipinski definition) is 1. The van der Waals surface area contributed by atoms with Crippen LogP contribution in [0.4, 0.5) is 0 Å². The number of aliphatic hydroxyl groups is 1. The van der Waals surface area contributed by atoms with Crippen molar-refractivity contribution in [1.29, 1.82) is 0 Å². The monoisotopic (exact) mass is 156 g/mol. The van der Waals surface area contributed by atoms with Gasteiger partial charge in [-0.05, 0) is 19.3 Å². The lowest BCUT2D eigenvalue weighted by Crippen LogP contribution is -2.09. The van der Waals surface area contributed by atoms with E-state index in [4.69, 9.17) is 5.11 Å². The molecular formula is C10H20O. The Bertz CT molecular complexity index is 105. The van der Waals surface area contributed by atoms with Gasteiger partial charge in [-0.15, -0.1) is 0 Å². The lowest BCUT2D eigenvalue weighted by molar-refractivity contribution is 0.157. The Hall–Kier alpha value is -0.300. The molecule has 0 spiro atoms. The first kappa shape index (κ1) is 10.7. The SMILES string of the molecule is CCCC/C=C\[C@@H](C)[C@@H](C)O. The lowest BCUT2D eigenvalue weighted by Gasteiger charge is -2.08. The molecule has 0 heterocycles. The highest BCUT2D eigenvalue weighted by Gasteiger charge is 2.02. The van der Waals surface area contributed by atoms with Crippen molar-refractivity contribution < 1.29 is 5.11 Å². The van der Waals surface area contributed by atoms with Gasteiger partial charge in [0.1, 0.15) is 0 Å². The Labute approximate surface area is 70.1 Å². The van der Waals surface area contributed by atoms with Crippen molar-refractivity contribution in [3.05, 3.63) is 12.2 Å². The summed E-state index contributed by atoms with van der Waals surface area (Å²) in [5, 5.41) is 9.13. The van der Waals surface area contributed by atoms with Gasteiger partial charge >= 0.3 is 0 Å². The summed E-state index contributed by atoms with van der Waals surface area (Å²) >= 11 is 0. The standard InChI is InChI=1S/C10H20O/c1-4-5-6-7-8-9(2)10(3)11/h7-11H,4-6H2,1-3H3/b8-7-/t9-,10-/m1/s1. The maximum Gasteiger partial charge on any atom is 0.0572 e. The Morgan fingerprint density at radius 2 is 2.00 bits per heavy atom. The van der Waals surface area contributed by atoms with Gasteiger partial charge in [0.2, 0.25) is 0 Å². The molecule has 0 aliphatic carbocycles. The van der Waals surface area contributed by atoms with E-state index >= 15 is 0 Å². The highest BCUT2D eigenvalue weighted by atomic mass is 16.3. The van der Waals surface area contributed by atoms with Crippen LogP contribution in [0.1, 0.15) is 40.0 Å². The predicted octanol–water partition coefficient (Wildman–Crippen LogP) is 2.75. The highest BCUT2D eigenvalue weighted by molar-refractivity contribution is 4.88. The zero-order valence-corrected chi connectivity index (χ0v) is 7.88. The second-order valence-electron chi connectivity index (χ2n) is 3.17. The van der Waals surface area contributed by atoms with Crippen molar-refractivity contribution in [1.82, 2.24) is 0 Å². The predicted molar refractivity (Wildman–Crippen MR) is 49.5 cm³/mol. The van der Waals surface area contributed by atoms with E-state index in [-0.39, 0.29) is 6.10 Å². The Morgan fingerprint density at radius 3 is 2.45 bits per heavy atom. The Morgan fingerprint density at radius 1 is 1.36 bits per heavy atom. The van der Waals surface area contributed by atoms with Crippen LogP contribution in [0.3, 0.4) is 0 Å². The molecule has 0 radical (unpaired) electrons. The van der Waals surface area contributed by atoms with Gasteiger partial charge in [0.15, 0.2) is 0 Å². The zero-order valence-electron chi connectivity index (χ0n) is 7.88. The molecule has 1 N–H and O–H groups in total. The van der Waals surface area contributed by atoms with Gasteiger partial charge < -0.3 is 5.11 Å². The molecule has 0 saturated carbocycles. The maximum absolute atomic E-state index is 9.13. The molecule has 0 aromatic carbocycles. The Kier molecular flexibility index (Phi) is 6.24. The molecule has 1 heteroatoms. The van der Waals surface area contributed by atoms with Crippen LogP contribution in [0.15, 0.2) is 12.2 Å². The van der Waals surface area contributed by atoms with Crippen LogP contribution in [0, 0.1) is 5.92 Å². The molecule has 0 aliphatic heterocycles. The maximum atomic E-state index is 9.13. The fourth-order valence-corrected chi connectivity index (χ4v) is 0.794. The summed E-state index contributed by atoms with van der Waals surface area (Å²) < 4.78 is 0. The minimum atomic E-state index is -0.215. The number of unbranched alkanes of at least 4 members (excludes halogenated alkanes) is 2. The first-order valence-electron chi connectivity index (χ1n) is 4.53. The molecular weight excluding hydrogens is 136 g/mol. The van der Waals surface area contributed by atoms with E-state index < -0.39 is 0 Å². The molecule has 2 atom stereocenters. The van der Waals surface area contributed by atoms with Gasteiger partial charge in [0.25, 0.3) is 0 Å². The summed E-state index contributed by atoms with van der Waals surface area (Å²) in [6.45, 7) is 6.05. The molecule has 0 saturated heterocycles. The van der Waals surface area contributed by atoms with Gasteiger partial charge in [-0.25, -0.2) is 0 Å². The number of hydrogen-bond acceptors (Lipinski definition) is 1. The molecule has 66 valence electrons. The topological polar surface area (TPSA) is 20.2 Å². The van der Waals surface area contributed by atoms with Crippen LogP contribution in [-0.4, -0.2) is 11.2 Å². The molecule has 0 amide bonds. The second kappa shape index (κ2) is 6.41. The average Bonchev–Trinajstić information content (AvgIpc) is 1.97. The van der Waals surface area contributed by atoms with Crippen LogP contribution < -0.4 is 0 Å². The van der Waals surface area contributed by atoms with Gasteiger partial charge in [-0.3, -0.25) is 0 Å². The van der Waals surface area contributed by atoms with E-state index in [0.29, 0.717) is 5.92 Å². The van der Waals surface area contributed by atoms with Crippen molar-refractivity contribution >= 4 is 0 Å². The number of aliphatic hydroxyl groups excluding tert-OH is 1. The first-order valence-corrected chi connectivity index (χ1v) is 4.53. The summed E-state index contributed by atoms with van der Waals surface area (Å²) in [6.07, 6.45) is 7.69. The average molecular weight is 156 g/mol. The van der Waals surface area contributed by atoms with E-state index in [0.717, 1.165) is 6.42 Å².